The Morgan fingerprint density at radius 2 is 2.04 bits per heavy atom. The number of ether oxygens (including phenoxy) is 3. The summed E-state index contributed by atoms with van der Waals surface area (Å²) in [7, 11) is 1.49. The lowest BCUT2D eigenvalue weighted by Gasteiger charge is -2.25. The summed E-state index contributed by atoms with van der Waals surface area (Å²) in [5.41, 5.74) is 1.59. The molecule has 0 saturated heterocycles. The molecule has 0 spiro atoms. The molecule has 0 aliphatic carbocycles. The first-order valence-corrected chi connectivity index (χ1v) is 8.24. The number of carbonyl (C=O) groups is 1. The van der Waals surface area contributed by atoms with Crippen molar-refractivity contribution < 1.29 is 23.4 Å². The van der Waals surface area contributed by atoms with Crippen LogP contribution in [0.25, 0.3) is 0 Å². The summed E-state index contributed by atoms with van der Waals surface area (Å²) >= 11 is 0. The van der Waals surface area contributed by atoms with Crippen molar-refractivity contribution in [3.05, 3.63) is 77.6 Å². The summed E-state index contributed by atoms with van der Waals surface area (Å²) in [6, 6.07) is 13.3. The first kappa shape index (κ1) is 17.9. The van der Waals surface area contributed by atoms with Crippen LogP contribution in [0.4, 0.5) is 9.18 Å². The second-order valence-electron chi connectivity index (χ2n) is 5.80. The zero-order chi connectivity index (χ0) is 18.4. The lowest BCUT2D eigenvalue weighted by atomic mass is 10.1. The van der Waals surface area contributed by atoms with Crippen LogP contribution in [0.5, 0.6) is 5.75 Å². The summed E-state index contributed by atoms with van der Waals surface area (Å²) in [5, 5.41) is 0. The number of nitrogens with zero attached hydrogens (tertiary/aromatic N) is 1. The van der Waals surface area contributed by atoms with Gasteiger partial charge >= 0.3 is 6.09 Å². The Morgan fingerprint density at radius 1 is 1.23 bits per heavy atom. The topological polar surface area (TPSA) is 48.0 Å². The first-order valence-electron chi connectivity index (χ1n) is 8.24. The van der Waals surface area contributed by atoms with Crippen molar-refractivity contribution >= 4 is 6.09 Å². The van der Waals surface area contributed by atoms with Gasteiger partial charge in [-0.3, -0.25) is 4.90 Å². The van der Waals surface area contributed by atoms with E-state index in [9.17, 15) is 9.18 Å². The van der Waals surface area contributed by atoms with Gasteiger partial charge < -0.3 is 14.2 Å². The molecule has 1 heterocycles. The number of amides is 1. The predicted octanol–water partition coefficient (Wildman–Crippen LogP) is 4.06. The molecule has 3 rings (SSSR count). The van der Waals surface area contributed by atoms with E-state index >= 15 is 0 Å². The van der Waals surface area contributed by atoms with Gasteiger partial charge in [-0.2, -0.15) is 0 Å². The van der Waals surface area contributed by atoms with Gasteiger partial charge in [0.25, 0.3) is 0 Å². The molecule has 1 aliphatic heterocycles. The zero-order valence-corrected chi connectivity index (χ0v) is 14.4. The van der Waals surface area contributed by atoms with Crippen LogP contribution >= 0.6 is 0 Å². The molecule has 0 saturated carbocycles. The molecular weight excluding hydrogens is 337 g/mol. The van der Waals surface area contributed by atoms with Crippen LogP contribution in [0, 0.1) is 5.82 Å². The molecule has 0 aromatic heterocycles. The quantitative estimate of drug-likeness (QED) is 0.578. The number of carbonyl (C=O) groups excluding carboxylic acids is 1. The van der Waals surface area contributed by atoms with Gasteiger partial charge in [0.2, 0.25) is 0 Å². The molecule has 2 aromatic rings. The molecule has 26 heavy (non-hydrogen) atoms. The normalized spacial score (nSPS) is 15.9. The van der Waals surface area contributed by atoms with Crippen molar-refractivity contribution in [3.63, 3.8) is 0 Å². The van der Waals surface area contributed by atoms with E-state index < -0.39 is 11.9 Å². The largest absolute Gasteiger partial charge is 0.467 e. The van der Waals surface area contributed by atoms with E-state index in [0.29, 0.717) is 17.9 Å². The SMILES string of the molecule is COCOc1cc(F)ccc1C1C=CCN1C(=O)OCc1ccccc1. The Balaban J connectivity index is 1.73. The molecule has 1 unspecified atom stereocenters. The average Bonchev–Trinajstić information content (AvgIpc) is 3.15. The minimum atomic E-state index is -0.439. The van der Waals surface area contributed by atoms with Gasteiger partial charge in [-0.05, 0) is 11.6 Å². The Labute approximate surface area is 151 Å². The van der Waals surface area contributed by atoms with Crippen LogP contribution in [0.3, 0.4) is 0 Å². The van der Waals surface area contributed by atoms with Crippen LogP contribution in [0.15, 0.2) is 60.7 Å². The highest BCUT2D eigenvalue weighted by molar-refractivity contribution is 5.70. The molecule has 1 aliphatic rings. The number of rotatable bonds is 6. The van der Waals surface area contributed by atoms with E-state index in [1.54, 1.807) is 11.0 Å². The summed E-state index contributed by atoms with van der Waals surface area (Å²) < 4.78 is 29.4. The highest BCUT2D eigenvalue weighted by Crippen LogP contribution is 2.34. The Bertz CT molecular complexity index is 779. The highest BCUT2D eigenvalue weighted by Gasteiger charge is 2.29. The van der Waals surface area contributed by atoms with Gasteiger partial charge in [-0.1, -0.05) is 48.6 Å². The second kappa shape index (κ2) is 8.49. The molecule has 1 amide bonds. The molecule has 0 bridgehead atoms. The molecule has 136 valence electrons. The minimum Gasteiger partial charge on any atom is -0.467 e. The van der Waals surface area contributed by atoms with Crippen molar-refractivity contribution in [1.82, 2.24) is 4.90 Å². The van der Waals surface area contributed by atoms with Gasteiger partial charge in [0.05, 0.1) is 6.04 Å². The smallest absolute Gasteiger partial charge is 0.411 e. The van der Waals surface area contributed by atoms with E-state index in [4.69, 9.17) is 14.2 Å². The number of hydrogen-bond donors (Lipinski definition) is 0. The van der Waals surface area contributed by atoms with Crippen molar-refractivity contribution in [2.75, 3.05) is 20.4 Å². The lowest BCUT2D eigenvalue weighted by Crippen LogP contribution is -2.32. The standard InChI is InChI=1S/C20H20FNO4/c1-24-14-26-19-12-16(21)9-10-17(19)18-8-5-11-22(18)20(23)25-13-15-6-3-2-4-7-15/h2-10,12,18H,11,13-14H2,1H3. The van der Waals surface area contributed by atoms with Gasteiger partial charge in [-0.25, -0.2) is 9.18 Å². The third-order valence-electron chi connectivity index (χ3n) is 4.02. The molecular formula is C20H20FNO4. The number of benzene rings is 2. The van der Waals surface area contributed by atoms with Crippen molar-refractivity contribution in [2.24, 2.45) is 0 Å². The Morgan fingerprint density at radius 3 is 2.81 bits per heavy atom. The molecule has 1 atom stereocenters. The average molecular weight is 357 g/mol. The third-order valence-corrected chi connectivity index (χ3v) is 4.02. The lowest BCUT2D eigenvalue weighted by molar-refractivity contribution is 0.0490. The van der Waals surface area contributed by atoms with E-state index in [1.165, 1.54) is 19.2 Å². The zero-order valence-electron chi connectivity index (χ0n) is 14.4. The van der Waals surface area contributed by atoms with Gasteiger partial charge in [0.1, 0.15) is 18.2 Å². The Hall–Kier alpha value is -2.86. The summed E-state index contributed by atoms with van der Waals surface area (Å²) in [5.74, 6) is -0.0794. The minimum absolute atomic E-state index is 0.00859. The summed E-state index contributed by atoms with van der Waals surface area (Å²) in [6.07, 6.45) is 3.31. The maximum absolute atomic E-state index is 13.6. The van der Waals surface area contributed by atoms with Crippen LogP contribution in [-0.4, -0.2) is 31.4 Å². The van der Waals surface area contributed by atoms with Gasteiger partial charge in [0, 0.05) is 25.3 Å². The molecule has 0 N–H and O–H groups in total. The van der Waals surface area contributed by atoms with Gasteiger partial charge in [-0.15, -0.1) is 0 Å². The van der Waals surface area contributed by atoms with Crippen LogP contribution in [0.1, 0.15) is 17.2 Å². The van der Waals surface area contributed by atoms with Crippen LogP contribution < -0.4 is 4.74 Å². The van der Waals surface area contributed by atoms with E-state index in [-0.39, 0.29) is 19.4 Å². The number of methoxy groups -OCH3 is 1. The van der Waals surface area contributed by atoms with Crippen molar-refractivity contribution in [3.8, 4) is 5.75 Å². The molecule has 5 nitrogen and oxygen atoms in total. The highest BCUT2D eigenvalue weighted by atomic mass is 19.1. The maximum atomic E-state index is 13.6. The molecule has 0 radical (unpaired) electrons. The number of hydrogen-bond acceptors (Lipinski definition) is 4. The van der Waals surface area contributed by atoms with Crippen molar-refractivity contribution in [2.45, 2.75) is 12.6 Å². The summed E-state index contributed by atoms with van der Waals surface area (Å²) in [4.78, 5) is 14.1. The van der Waals surface area contributed by atoms with Crippen molar-refractivity contribution in [1.29, 1.82) is 0 Å². The fraction of sp³-hybridized carbons (Fsp3) is 0.250. The van der Waals surface area contributed by atoms with Crippen LogP contribution in [0.2, 0.25) is 0 Å². The second-order valence-corrected chi connectivity index (χ2v) is 5.80. The monoisotopic (exact) mass is 357 g/mol. The molecule has 0 fully saturated rings. The van der Waals surface area contributed by atoms with Crippen LogP contribution in [-0.2, 0) is 16.1 Å². The molecule has 6 heteroatoms. The van der Waals surface area contributed by atoms with E-state index in [0.717, 1.165) is 5.56 Å². The predicted molar refractivity (Wildman–Crippen MR) is 94.1 cm³/mol. The van der Waals surface area contributed by atoms with E-state index in [1.807, 2.05) is 42.5 Å². The fourth-order valence-corrected chi connectivity index (χ4v) is 2.78. The summed E-state index contributed by atoms with van der Waals surface area (Å²) in [6.45, 7) is 0.601. The fourth-order valence-electron chi connectivity index (χ4n) is 2.78. The first-order chi connectivity index (χ1) is 12.7. The van der Waals surface area contributed by atoms with Gasteiger partial charge in [0.15, 0.2) is 6.79 Å². The third kappa shape index (κ3) is 4.21. The molecule has 2 aromatic carbocycles. The van der Waals surface area contributed by atoms with E-state index in [2.05, 4.69) is 0 Å². The Kier molecular flexibility index (Phi) is 5.86. The maximum Gasteiger partial charge on any atom is 0.411 e. The number of halogens is 1.